The van der Waals surface area contributed by atoms with Crippen LogP contribution in [0.3, 0.4) is 0 Å². The molecule has 0 aliphatic carbocycles. The predicted molar refractivity (Wildman–Crippen MR) is 81.0 cm³/mol. The second kappa shape index (κ2) is 5.99. The fourth-order valence-corrected chi connectivity index (χ4v) is 3.48. The normalized spacial score (nSPS) is 12.3. The zero-order chi connectivity index (χ0) is 14.9. The molecule has 1 unspecified atom stereocenters. The Labute approximate surface area is 129 Å². The van der Waals surface area contributed by atoms with Crippen LogP contribution in [0.4, 0.5) is 0 Å². The van der Waals surface area contributed by atoms with Gasteiger partial charge < -0.3 is 10.4 Å². The van der Waals surface area contributed by atoms with Gasteiger partial charge in [0.2, 0.25) is 0 Å². The summed E-state index contributed by atoms with van der Waals surface area (Å²) in [4.78, 5) is 23.0. The summed E-state index contributed by atoms with van der Waals surface area (Å²) in [5.74, 6) is -1.34. The van der Waals surface area contributed by atoms with Gasteiger partial charge in [-0.1, -0.05) is 29.3 Å². The molecule has 1 amide bonds. The molecule has 0 aliphatic rings. The molecule has 20 heavy (non-hydrogen) atoms. The van der Waals surface area contributed by atoms with Crippen LogP contribution in [0.15, 0.2) is 18.2 Å². The van der Waals surface area contributed by atoms with E-state index in [4.69, 9.17) is 28.3 Å². The van der Waals surface area contributed by atoms with Crippen molar-refractivity contribution < 1.29 is 14.7 Å². The van der Waals surface area contributed by atoms with Crippen LogP contribution in [0.25, 0.3) is 10.1 Å². The summed E-state index contributed by atoms with van der Waals surface area (Å²) in [6.07, 6.45) is -0.139. The standard InChI is InChI=1S/C13H11Cl2NO3S/c1-6(4-10(17)18)16-13(19)12-11(15)8-3-2-7(14)5-9(8)20-12/h2-3,5-6H,4H2,1H3,(H,16,19)(H,17,18). The average molecular weight is 332 g/mol. The lowest BCUT2D eigenvalue weighted by molar-refractivity contribution is -0.137. The van der Waals surface area contributed by atoms with Crippen molar-refractivity contribution in [3.63, 3.8) is 0 Å². The molecule has 2 aromatic rings. The molecule has 1 atom stereocenters. The summed E-state index contributed by atoms with van der Waals surface area (Å²) in [6.45, 7) is 1.63. The number of fused-ring (bicyclic) bond motifs is 1. The Bertz CT molecular complexity index is 684. The number of carboxylic acids is 1. The molecule has 7 heteroatoms. The van der Waals surface area contributed by atoms with Crippen LogP contribution in [0.5, 0.6) is 0 Å². The Morgan fingerprint density at radius 1 is 1.40 bits per heavy atom. The van der Waals surface area contributed by atoms with E-state index < -0.39 is 12.0 Å². The van der Waals surface area contributed by atoms with Gasteiger partial charge in [-0.3, -0.25) is 9.59 Å². The molecule has 0 saturated heterocycles. The average Bonchev–Trinajstić information content (AvgIpc) is 2.65. The van der Waals surface area contributed by atoms with Crippen LogP contribution in [-0.4, -0.2) is 23.0 Å². The number of amides is 1. The summed E-state index contributed by atoms with van der Waals surface area (Å²) in [7, 11) is 0. The van der Waals surface area contributed by atoms with Gasteiger partial charge >= 0.3 is 5.97 Å². The zero-order valence-corrected chi connectivity index (χ0v) is 12.8. The second-order valence-electron chi connectivity index (χ2n) is 4.36. The maximum absolute atomic E-state index is 12.1. The maximum atomic E-state index is 12.1. The molecule has 0 aliphatic heterocycles. The molecule has 4 nitrogen and oxygen atoms in total. The van der Waals surface area contributed by atoms with Crippen LogP contribution in [0.1, 0.15) is 23.0 Å². The first-order valence-corrected chi connectivity index (χ1v) is 7.36. The number of benzene rings is 1. The lowest BCUT2D eigenvalue weighted by Crippen LogP contribution is -2.33. The number of hydrogen-bond acceptors (Lipinski definition) is 3. The Hall–Kier alpha value is -1.30. The molecule has 1 aromatic heterocycles. The quantitative estimate of drug-likeness (QED) is 0.895. The first-order chi connectivity index (χ1) is 9.38. The molecule has 0 saturated carbocycles. The molecular formula is C13H11Cl2NO3S. The Kier molecular flexibility index (Phi) is 4.52. The third-order valence-corrected chi connectivity index (χ3v) is 4.55. The van der Waals surface area contributed by atoms with Gasteiger partial charge in [-0.25, -0.2) is 0 Å². The van der Waals surface area contributed by atoms with Crippen molar-refractivity contribution >= 4 is 56.5 Å². The van der Waals surface area contributed by atoms with Gasteiger partial charge in [-0.05, 0) is 19.1 Å². The fraction of sp³-hybridized carbons (Fsp3) is 0.231. The molecule has 0 radical (unpaired) electrons. The number of thiophene rings is 1. The van der Waals surface area contributed by atoms with Crippen molar-refractivity contribution in [1.82, 2.24) is 5.32 Å². The minimum atomic E-state index is -0.966. The molecule has 0 spiro atoms. The van der Waals surface area contributed by atoms with E-state index in [1.54, 1.807) is 25.1 Å². The molecule has 106 valence electrons. The number of halogens is 2. The summed E-state index contributed by atoms with van der Waals surface area (Å²) in [5, 5.41) is 13.0. The molecule has 2 N–H and O–H groups in total. The van der Waals surface area contributed by atoms with Crippen molar-refractivity contribution in [2.75, 3.05) is 0 Å². The van der Waals surface area contributed by atoms with Crippen molar-refractivity contribution in [3.8, 4) is 0 Å². The third kappa shape index (κ3) is 3.23. The number of aliphatic carboxylic acids is 1. The van der Waals surface area contributed by atoms with Gasteiger partial charge in [0.15, 0.2) is 0 Å². The Balaban J connectivity index is 2.26. The summed E-state index contributed by atoms with van der Waals surface area (Å²) in [6, 6.07) is 4.74. The number of nitrogens with one attached hydrogen (secondary N) is 1. The molecular weight excluding hydrogens is 321 g/mol. The Morgan fingerprint density at radius 3 is 2.75 bits per heavy atom. The summed E-state index contributed by atoms with van der Waals surface area (Å²) < 4.78 is 0.818. The Morgan fingerprint density at radius 2 is 2.10 bits per heavy atom. The van der Waals surface area contributed by atoms with Gasteiger partial charge in [-0.2, -0.15) is 0 Å². The van der Waals surface area contributed by atoms with Crippen molar-refractivity contribution in [2.24, 2.45) is 0 Å². The second-order valence-corrected chi connectivity index (χ2v) is 6.22. The van der Waals surface area contributed by atoms with Crippen LogP contribution in [0, 0.1) is 0 Å². The fourth-order valence-electron chi connectivity index (χ4n) is 1.79. The van der Waals surface area contributed by atoms with E-state index in [1.165, 1.54) is 11.3 Å². The van der Waals surface area contributed by atoms with E-state index in [0.29, 0.717) is 14.9 Å². The minimum Gasteiger partial charge on any atom is -0.481 e. The van der Waals surface area contributed by atoms with Gasteiger partial charge in [0, 0.05) is 21.2 Å². The van der Waals surface area contributed by atoms with Gasteiger partial charge in [0.05, 0.1) is 11.4 Å². The molecule has 2 rings (SSSR count). The number of carboxylic acid groups (broad SMARTS) is 1. The third-order valence-electron chi connectivity index (χ3n) is 2.66. The number of hydrogen-bond donors (Lipinski definition) is 2. The van der Waals surface area contributed by atoms with E-state index in [-0.39, 0.29) is 12.3 Å². The van der Waals surface area contributed by atoms with Crippen molar-refractivity contribution in [1.29, 1.82) is 0 Å². The molecule has 0 bridgehead atoms. The first kappa shape index (κ1) is 15.1. The van der Waals surface area contributed by atoms with Crippen molar-refractivity contribution in [2.45, 2.75) is 19.4 Å². The smallest absolute Gasteiger partial charge is 0.305 e. The predicted octanol–water partition coefficient (Wildman–Crippen LogP) is 3.80. The molecule has 1 heterocycles. The number of rotatable bonds is 4. The lowest BCUT2D eigenvalue weighted by Gasteiger charge is -2.10. The van der Waals surface area contributed by atoms with Gasteiger partial charge in [0.1, 0.15) is 4.88 Å². The largest absolute Gasteiger partial charge is 0.481 e. The first-order valence-electron chi connectivity index (χ1n) is 5.78. The lowest BCUT2D eigenvalue weighted by atomic mass is 10.2. The van der Waals surface area contributed by atoms with Gasteiger partial charge in [0.25, 0.3) is 5.91 Å². The monoisotopic (exact) mass is 331 g/mol. The van der Waals surface area contributed by atoms with E-state index >= 15 is 0 Å². The number of carbonyl (C=O) groups is 2. The van der Waals surface area contributed by atoms with E-state index in [0.717, 1.165) is 10.1 Å². The van der Waals surface area contributed by atoms with Crippen LogP contribution < -0.4 is 5.32 Å². The van der Waals surface area contributed by atoms with Crippen LogP contribution in [-0.2, 0) is 4.79 Å². The van der Waals surface area contributed by atoms with E-state index in [9.17, 15) is 9.59 Å². The maximum Gasteiger partial charge on any atom is 0.305 e. The number of carbonyl (C=O) groups excluding carboxylic acids is 1. The highest BCUT2D eigenvalue weighted by Gasteiger charge is 2.19. The van der Waals surface area contributed by atoms with E-state index in [2.05, 4.69) is 5.32 Å². The highest BCUT2D eigenvalue weighted by Crippen LogP contribution is 2.36. The topological polar surface area (TPSA) is 66.4 Å². The highest BCUT2D eigenvalue weighted by molar-refractivity contribution is 7.21. The van der Waals surface area contributed by atoms with Crippen LogP contribution >= 0.6 is 34.5 Å². The summed E-state index contributed by atoms with van der Waals surface area (Å²) >= 11 is 13.3. The SMILES string of the molecule is CC(CC(=O)O)NC(=O)c1sc2cc(Cl)ccc2c1Cl. The highest BCUT2D eigenvalue weighted by atomic mass is 35.5. The van der Waals surface area contributed by atoms with Crippen LogP contribution in [0.2, 0.25) is 10.0 Å². The minimum absolute atomic E-state index is 0.139. The molecule has 1 aromatic carbocycles. The van der Waals surface area contributed by atoms with E-state index in [1.807, 2.05) is 0 Å². The van der Waals surface area contributed by atoms with Gasteiger partial charge in [-0.15, -0.1) is 11.3 Å². The van der Waals surface area contributed by atoms with Crippen molar-refractivity contribution in [3.05, 3.63) is 33.1 Å². The summed E-state index contributed by atoms with van der Waals surface area (Å²) in [5.41, 5.74) is 0. The zero-order valence-electron chi connectivity index (χ0n) is 10.4. The molecule has 0 fully saturated rings.